The minimum Gasteiger partial charge on any atom is -0.481 e. The molecule has 0 saturated heterocycles. The number of carboxylic acid groups (broad SMARTS) is 2. The van der Waals surface area contributed by atoms with Crippen LogP contribution in [-0.4, -0.2) is 27.9 Å². The summed E-state index contributed by atoms with van der Waals surface area (Å²) in [4.78, 5) is 28.5. The summed E-state index contributed by atoms with van der Waals surface area (Å²) in [5, 5.41) is 15.2. The van der Waals surface area contributed by atoms with Gasteiger partial charge >= 0.3 is 5.97 Å². The molecule has 0 aliphatic carbocycles. The number of hydrogen-bond acceptors (Lipinski definition) is 3. The van der Waals surface area contributed by atoms with Gasteiger partial charge in [0.15, 0.2) is 0 Å². The number of carboxylic acids is 2. The Morgan fingerprint density at radius 1 is 1.18 bits per heavy atom. The first kappa shape index (κ1) is 12.3. The highest BCUT2D eigenvalue weighted by atomic mass is 16.4. The molecular formula is C6H10O5. The van der Waals surface area contributed by atoms with Gasteiger partial charge in [0.25, 0.3) is 5.97 Å². The van der Waals surface area contributed by atoms with Crippen LogP contribution < -0.4 is 0 Å². The van der Waals surface area contributed by atoms with E-state index in [1.807, 2.05) is 0 Å². The largest absolute Gasteiger partial charge is 0.481 e. The lowest BCUT2D eigenvalue weighted by molar-refractivity contribution is -0.148. The van der Waals surface area contributed by atoms with E-state index in [0.29, 0.717) is 0 Å². The van der Waals surface area contributed by atoms with E-state index in [4.69, 9.17) is 15.0 Å². The number of carbonyl (C=O) groups is 3. The van der Waals surface area contributed by atoms with Gasteiger partial charge in [0.05, 0.1) is 0 Å². The average molecular weight is 162 g/mol. The highest BCUT2D eigenvalue weighted by Gasteiger charge is 2.05. The molecule has 0 heterocycles. The molecule has 0 aromatic carbocycles. The first-order valence-electron chi connectivity index (χ1n) is 2.87. The number of aliphatic carboxylic acids is 2. The van der Waals surface area contributed by atoms with Gasteiger partial charge in [-0.1, -0.05) is 6.92 Å². The third-order valence-electron chi connectivity index (χ3n) is 0.560. The molecule has 0 aromatic heterocycles. The number of ketones is 1. The highest BCUT2D eigenvalue weighted by Crippen LogP contribution is 1.76. The van der Waals surface area contributed by atoms with Crippen LogP contribution in [0.1, 0.15) is 20.3 Å². The zero-order chi connectivity index (χ0) is 9.44. The molecular weight excluding hydrogens is 152 g/mol. The molecule has 11 heavy (non-hydrogen) atoms. The van der Waals surface area contributed by atoms with Crippen LogP contribution in [0.5, 0.6) is 0 Å². The van der Waals surface area contributed by atoms with Gasteiger partial charge in [-0.25, -0.2) is 4.79 Å². The van der Waals surface area contributed by atoms with Crippen LogP contribution in [0.25, 0.3) is 0 Å². The molecule has 0 bridgehead atoms. The lowest BCUT2D eigenvalue weighted by Crippen LogP contribution is -2.09. The molecule has 0 aromatic rings. The van der Waals surface area contributed by atoms with Crippen LogP contribution >= 0.6 is 0 Å². The fourth-order valence-electron chi connectivity index (χ4n) is 0.151. The molecule has 0 radical (unpaired) electrons. The second-order valence-corrected chi connectivity index (χ2v) is 1.60. The van der Waals surface area contributed by atoms with Gasteiger partial charge in [0.1, 0.15) is 0 Å². The lowest BCUT2D eigenvalue weighted by atomic mass is 10.3. The van der Waals surface area contributed by atoms with Crippen molar-refractivity contribution in [3.8, 4) is 0 Å². The van der Waals surface area contributed by atoms with E-state index in [2.05, 4.69) is 0 Å². The van der Waals surface area contributed by atoms with Crippen molar-refractivity contribution in [1.29, 1.82) is 0 Å². The van der Waals surface area contributed by atoms with Crippen molar-refractivity contribution in [3.05, 3.63) is 0 Å². The molecule has 2 N–H and O–H groups in total. The van der Waals surface area contributed by atoms with E-state index in [0.717, 1.165) is 6.92 Å². The first-order chi connectivity index (χ1) is 4.91. The number of carbonyl (C=O) groups excluding carboxylic acids is 1. The van der Waals surface area contributed by atoms with Gasteiger partial charge in [-0.15, -0.1) is 0 Å². The number of hydrogen-bond donors (Lipinski definition) is 2. The summed E-state index contributed by atoms with van der Waals surface area (Å²) in [7, 11) is 0. The summed E-state index contributed by atoms with van der Waals surface area (Å²) < 4.78 is 0. The van der Waals surface area contributed by atoms with E-state index < -0.39 is 17.7 Å². The zero-order valence-corrected chi connectivity index (χ0v) is 6.33. The van der Waals surface area contributed by atoms with Crippen molar-refractivity contribution in [2.24, 2.45) is 0 Å². The maximum Gasteiger partial charge on any atom is 0.372 e. The minimum atomic E-state index is -1.34. The zero-order valence-electron chi connectivity index (χ0n) is 6.33. The molecule has 0 rings (SSSR count). The van der Waals surface area contributed by atoms with Crippen LogP contribution in [0, 0.1) is 0 Å². The van der Waals surface area contributed by atoms with Gasteiger partial charge in [-0.05, 0) is 0 Å². The van der Waals surface area contributed by atoms with Crippen LogP contribution in [0.2, 0.25) is 0 Å². The highest BCUT2D eigenvalue weighted by molar-refractivity contribution is 6.32. The van der Waals surface area contributed by atoms with Crippen molar-refractivity contribution in [3.63, 3.8) is 0 Å². The molecule has 0 atom stereocenters. The molecule has 64 valence electrons. The lowest BCUT2D eigenvalue weighted by Gasteiger charge is -1.80. The molecule has 5 heteroatoms. The standard InChI is InChI=1S/C4H6O3.C2H4O2/c1-2-3(5)4(6)7;1-2(3)4/h2H2,1H3,(H,6,7);1H3,(H,3,4). The molecule has 0 spiro atoms. The van der Waals surface area contributed by atoms with Gasteiger partial charge in [0, 0.05) is 13.3 Å². The van der Waals surface area contributed by atoms with E-state index in [1.165, 1.54) is 6.92 Å². The van der Waals surface area contributed by atoms with Gasteiger partial charge in [0.2, 0.25) is 5.78 Å². The average Bonchev–Trinajstić information content (AvgIpc) is 1.85. The Labute approximate surface area is 63.6 Å². The maximum atomic E-state index is 9.91. The van der Waals surface area contributed by atoms with Crippen molar-refractivity contribution in [2.45, 2.75) is 20.3 Å². The summed E-state index contributed by atoms with van der Waals surface area (Å²) in [5.41, 5.74) is 0. The number of Topliss-reactive ketones (excluding diaryl/α,β-unsaturated/α-hetero) is 1. The van der Waals surface area contributed by atoms with E-state index in [1.54, 1.807) is 0 Å². The monoisotopic (exact) mass is 162 g/mol. The van der Waals surface area contributed by atoms with E-state index >= 15 is 0 Å². The first-order valence-corrected chi connectivity index (χ1v) is 2.87. The normalized spacial score (nSPS) is 7.45. The van der Waals surface area contributed by atoms with Gasteiger partial charge in [-0.2, -0.15) is 0 Å². The third kappa shape index (κ3) is 17.7. The van der Waals surface area contributed by atoms with Crippen molar-refractivity contribution < 1.29 is 24.6 Å². The Kier molecular flexibility index (Phi) is 7.52. The molecule has 0 aliphatic heterocycles. The molecule has 0 saturated carbocycles. The topological polar surface area (TPSA) is 91.7 Å². The summed E-state index contributed by atoms with van der Waals surface area (Å²) in [6.45, 7) is 2.59. The van der Waals surface area contributed by atoms with Crippen LogP contribution in [0.3, 0.4) is 0 Å². The van der Waals surface area contributed by atoms with Gasteiger partial charge < -0.3 is 10.2 Å². The predicted molar refractivity (Wildman–Crippen MR) is 36.2 cm³/mol. The van der Waals surface area contributed by atoms with E-state index in [-0.39, 0.29) is 6.42 Å². The van der Waals surface area contributed by atoms with Crippen LogP contribution in [-0.2, 0) is 14.4 Å². The Morgan fingerprint density at radius 3 is 1.45 bits per heavy atom. The van der Waals surface area contributed by atoms with Crippen molar-refractivity contribution >= 4 is 17.7 Å². The fourth-order valence-corrected chi connectivity index (χ4v) is 0.151. The smallest absolute Gasteiger partial charge is 0.372 e. The predicted octanol–water partition coefficient (Wildman–Crippen LogP) is 0.141. The summed E-state index contributed by atoms with van der Waals surface area (Å²) in [6.07, 6.45) is 0.0787. The SMILES string of the molecule is CC(=O)O.CCC(=O)C(=O)O. The summed E-state index contributed by atoms with van der Waals surface area (Å²) in [6, 6.07) is 0. The Balaban J connectivity index is 0. The molecule has 0 unspecified atom stereocenters. The molecule has 0 aliphatic rings. The minimum absolute atomic E-state index is 0.0787. The van der Waals surface area contributed by atoms with E-state index in [9.17, 15) is 9.59 Å². The maximum absolute atomic E-state index is 9.91. The van der Waals surface area contributed by atoms with Crippen LogP contribution in [0.4, 0.5) is 0 Å². The quantitative estimate of drug-likeness (QED) is 0.563. The second kappa shape index (κ2) is 6.73. The van der Waals surface area contributed by atoms with Gasteiger partial charge in [-0.3, -0.25) is 9.59 Å². The Hall–Kier alpha value is -1.39. The van der Waals surface area contributed by atoms with Crippen LogP contribution in [0.15, 0.2) is 0 Å². The fraction of sp³-hybridized carbons (Fsp3) is 0.500. The molecule has 0 fully saturated rings. The molecule has 5 nitrogen and oxygen atoms in total. The summed E-state index contributed by atoms with van der Waals surface area (Å²) >= 11 is 0. The summed E-state index contributed by atoms with van der Waals surface area (Å²) in [5.74, 6) is -2.91. The third-order valence-corrected chi connectivity index (χ3v) is 0.560. The van der Waals surface area contributed by atoms with Crippen molar-refractivity contribution in [1.82, 2.24) is 0 Å². The Bertz CT molecular complexity index is 156. The molecule has 0 amide bonds. The second-order valence-electron chi connectivity index (χ2n) is 1.60. The Morgan fingerprint density at radius 2 is 1.45 bits per heavy atom. The number of rotatable bonds is 2. The van der Waals surface area contributed by atoms with Crippen molar-refractivity contribution in [2.75, 3.05) is 0 Å².